The van der Waals surface area contributed by atoms with Crippen LogP contribution < -0.4 is 5.56 Å². The van der Waals surface area contributed by atoms with E-state index in [0.717, 1.165) is 52.7 Å². The second kappa shape index (κ2) is 10.9. The van der Waals surface area contributed by atoms with Crippen LogP contribution in [0.1, 0.15) is 85.6 Å². The molecule has 2 aromatic carbocycles. The van der Waals surface area contributed by atoms with Crippen molar-refractivity contribution in [2.75, 3.05) is 0 Å². The van der Waals surface area contributed by atoms with E-state index in [-0.39, 0.29) is 17.4 Å². The number of aryl methyl sites for hydroxylation is 2. The quantitative estimate of drug-likeness (QED) is 0.323. The molecule has 1 aliphatic carbocycles. The highest BCUT2D eigenvalue weighted by atomic mass is 19.1. The summed E-state index contributed by atoms with van der Waals surface area (Å²) in [5.41, 5.74) is 4.67. The van der Waals surface area contributed by atoms with E-state index in [2.05, 4.69) is 45.3 Å². The third-order valence-corrected chi connectivity index (χ3v) is 7.63. The molecule has 0 amide bonds. The third-order valence-electron chi connectivity index (χ3n) is 7.63. The van der Waals surface area contributed by atoms with Gasteiger partial charge in [0, 0.05) is 29.6 Å². The molecule has 1 N–H and O–H groups in total. The van der Waals surface area contributed by atoms with Crippen LogP contribution in [0.15, 0.2) is 47.3 Å². The Bertz CT molecular complexity index is 1420. The first-order valence-corrected chi connectivity index (χ1v) is 13.3. The van der Waals surface area contributed by atoms with E-state index in [4.69, 9.17) is 0 Å². The Labute approximate surface area is 216 Å². The predicted octanol–water partition coefficient (Wildman–Crippen LogP) is 5.93. The zero-order valence-electron chi connectivity index (χ0n) is 21.9. The Morgan fingerprint density at radius 1 is 1.08 bits per heavy atom. The summed E-state index contributed by atoms with van der Waals surface area (Å²) in [6.07, 6.45) is 6.56. The van der Waals surface area contributed by atoms with Gasteiger partial charge in [0.1, 0.15) is 5.82 Å². The summed E-state index contributed by atoms with van der Waals surface area (Å²) in [6, 6.07) is 12.9. The second-order valence-electron chi connectivity index (χ2n) is 10.4. The number of benzene rings is 2. The lowest BCUT2D eigenvalue weighted by Crippen LogP contribution is -2.33. The molecule has 5 rings (SSSR count). The van der Waals surface area contributed by atoms with Crippen molar-refractivity contribution in [3.05, 3.63) is 86.7 Å². The number of nitrogens with one attached hydrogen (secondary N) is 1. The molecule has 8 heteroatoms. The Kier molecular flexibility index (Phi) is 7.46. The summed E-state index contributed by atoms with van der Waals surface area (Å²) >= 11 is 0. The van der Waals surface area contributed by atoms with Crippen molar-refractivity contribution in [2.45, 2.75) is 84.5 Å². The molecule has 1 fully saturated rings. The Morgan fingerprint density at radius 3 is 2.57 bits per heavy atom. The lowest BCUT2D eigenvalue weighted by molar-refractivity contribution is 0.155. The molecule has 0 aliphatic heterocycles. The van der Waals surface area contributed by atoms with Gasteiger partial charge in [-0.15, -0.1) is 5.10 Å². The van der Waals surface area contributed by atoms with E-state index in [1.807, 2.05) is 23.7 Å². The molecule has 2 aromatic heterocycles. The maximum atomic E-state index is 13.7. The topological polar surface area (TPSA) is 79.7 Å². The number of rotatable bonds is 8. The van der Waals surface area contributed by atoms with Gasteiger partial charge in [-0.05, 0) is 84.5 Å². The SMILES string of the molecule is CCC(c1nnnn1C1CCCCC1)N(Cc1ccc(F)cc1)Cc1cc2c(C)cc(C)cc2[nH]c1=O. The fourth-order valence-corrected chi connectivity index (χ4v) is 5.76. The van der Waals surface area contributed by atoms with Crippen LogP contribution in [0.4, 0.5) is 4.39 Å². The predicted molar refractivity (Wildman–Crippen MR) is 143 cm³/mol. The molecule has 1 aliphatic rings. The zero-order chi connectivity index (χ0) is 25.9. The van der Waals surface area contributed by atoms with Gasteiger partial charge in [0.15, 0.2) is 5.82 Å². The van der Waals surface area contributed by atoms with Crippen LogP contribution in [0, 0.1) is 19.7 Å². The molecule has 1 unspecified atom stereocenters. The highest BCUT2D eigenvalue weighted by Gasteiger charge is 2.29. The smallest absolute Gasteiger partial charge is 0.252 e. The van der Waals surface area contributed by atoms with Crippen LogP contribution in [0.3, 0.4) is 0 Å². The number of aromatic amines is 1. The average molecular weight is 503 g/mol. The Balaban J connectivity index is 1.54. The van der Waals surface area contributed by atoms with Crippen LogP contribution in [0.2, 0.25) is 0 Å². The van der Waals surface area contributed by atoms with Gasteiger partial charge in [-0.1, -0.05) is 44.4 Å². The van der Waals surface area contributed by atoms with Gasteiger partial charge < -0.3 is 4.98 Å². The van der Waals surface area contributed by atoms with Crippen molar-refractivity contribution < 1.29 is 4.39 Å². The van der Waals surface area contributed by atoms with Gasteiger partial charge in [0.25, 0.3) is 5.56 Å². The molecular weight excluding hydrogens is 467 g/mol. The Hall–Kier alpha value is -3.39. The minimum absolute atomic E-state index is 0.0941. The first-order chi connectivity index (χ1) is 17.9. The summed E-state index contributed by atoms with van der Waals surface area (Å²) in [4.78, 5) is 18.6. The molecule has 0 spiro atoms. The summed E-state index contributed by atoms with van der Waals surface area (Å²) in [5, 5.41) is 14.0. The van der Waals surface area contributed by atoms with Crippen LogP contribution in [-0.2, 0) is 13.1 Å². The number of tetrazole rings is 1. The maximum Gasteiger partial charge on any atom is 0.252 e. The highest BCUT2D eigenvalue weighted by molar-refractivity contribution is 5.83. The van der Waals surface area contributed by atoms with Gasteiger partial charge in [0.05, 0.1) is 12.1 Å². The monoisotopic (exact) mass is 502 g/mol. The zero-order valence-corrected chi connectivity index (χ0v) is 21.9. The lowest BCUT2D eigenvalue weighted by Gasteiger charge is -2.32. The molecule has 1 atom stereocenters. The molecule has 2 heterocycles. The first-order valence-electron chi connectivity index (χ1n) is 13.3. The summed E-state index contributed by atoms with van der Waals surface area (Å²) in [7, 11) is 0. The largest absolute Gasteiger partial charge is 0.322 e. The van der Waals surface area contributed by atoms with Crippen LogP contribution in [0.5, 0.6) is 0 Å². The molecule has 37 heavy (non-hydrogen) atoms. The van der Waals surface area contributed by atoms with Crippen molar-refractivity contribution in [1.29, 1.82) is 0 Å². The number of halogens is 1. The molecule has 0 radical (unpaired) electrons. The molecule has 1 saturated carbocycles. The minimum Gasteiger partial charge on any atom is -0.322 e. The summed E-state index contributed by atoms with van der Waals surface area (Å²) in [5.74, 6) is 0.570. The molecule has 0 bridgehead atoms. The summed E-state index contributed by atoms with van der Waals surface area (Å²) < 4.78 is 15.7. The number of H-pyrrole nitrogens is 1. The van der Waals surface area contributed by atoms with E-state index in [1.54, 1.807) is 12.1 Å². The van der Waals surface area contributed by atoms with E-state index in [1.165, 1.54) is 31.4 Å². The van der Waals surface area contributed by atoms with Gasteiger partial charge in [-0.3, -0.25) is 9.69 Å². The van der Waals surface area contributed by atoms with Crippen molar-refractivity contribution in [1.82, 2.24) is 30.1 Å². The van der Waals surface area contributed by atoms with E-state index in [0.29, 0.717) is 24.7 Å². The summed E-state index contributed by atoms with van der Waals surface area (Å²) in [6.45, 7) is 7.19. The van der Waals surface area contributed by atoms with Crippen molar-refractivity contribution in [3.63, 3.8) is 0 Å². The second-order valence-corrected chi connectivity index (χ2v) is 10.4. The molecule has 0 saturated heterocycles. The van der Waals surface area contributed by atoms with Gasteiger partial charge in [-0.2, -0.15) is 0 Å². The van der Waals surface area contributed by atoms with E-state index >= 15 is 0 Å². The van der Waals surface area contributed by atoms with Crippen molar-refractivity contribution in [2.24, 2.45) is 0 Å². The number of fused-ring (bicyclic) bond motifs is 1. The highest BCUT2D eigenvalue weighted by Crippen LogP contribution is 2.33. The number of nitrogens with zero attached hydrogens (tertiary/aromatic N) is 5. The first kappa shape index (κ1) is 25.3. The van der Waals surface area contributed by atoms with Crippen LogP contribution >= 0.6 is 0 Å². The van der Waals surface area contributed by atoms with Gasteiger partial charge in [0.2, 0.25) is 0 Å². The third kappa shape index (κ3) is 5.49. The molecule has 7 nitrogen and oxygen atoms in total. The van der Waals surface area contributed by atoms with Gasteiger partial charge >= 0.3 is 0 Å². The fourth-order valence-electron chi connectivity index (χ4n) is 5.76. The van der Waals surface area contributed by atoms with Crippen molar-refractivity contribution >= 4 is 10.9 Å². The number of aromatic nitrogens is 5. The van der Waals surface area contributed by atoms with Crippen LogP contribution in [0.25, 0.3) is 10.9 Å². The van der Waals surface area contributed by atoms with Crippen LogP contribution in [-0.4, -0.2) is 30.1 Å². The number of hydrogen-bond acceptors (Lipinski definition) is 5. The number of pyridine rings is 1. The normalized spacial score (nSPS) is 15.5. The Morgan fingerprint density at radius 2 is 1.84 bits per heavy atom. The minimum atomic E-state index is -0.264. The molecular formula is C29H35FN6O. The standard InChI is InChI=1S/C29H35FN6O/c1-4-27(28-32-33-34-36(28)24-8-6-5-7-9-24)35(17-21-10-12-23(30)13-11-21)18-22-16-25-20(3)14-19(2)15-26(25)31-29(22)37/h10-16,24,27H,4-9,17-18H2,1-3H3,(H,31,37). The van der Waals surface area contributed by atoms with Crippen molar-refractivity contribution in [3.8, 4) is 0 Å². The number of hydrogen-bond donors (Lipinski definition) is 1. The van der Waals surface area contributed by atoms with E-state index in [9.17, 15) is 9.18 Å². The average Bonchev–Trinajstić information content (AvgIpc) is 3.36. The van der Waals surface area contributed by atoms with Gasteiger partial charge in [-0.25, -0.2) is 9.07 Å². The maximum absolute atomic E-state index is 13.7. The lowest BCUT2D eigenvalue weighted by atomic mass is 9.95. The van der Waals surface area contributed by atoms with E-state index < -0.39 is 0 Å². The molecule has 194 valence electrons. The fraction of sp³-hybridized carbons (Fsp3) is 0.448. The molecule has 4 aromatic rings.